The lowest BCUT2D eigenvalue weighted by Crippen LogP contribution is -2.32. The summed E-state index contributed by atoms with van der Waals surface area (Å²) in [5.41, 5.74) is 4.06. The lowest BCUT2D eigenvalue weighted by atomic mass is 10.1. The molecular formula is C24H29N9O2. The molecule has 4 aromatic rings. The van der Waals surface area contributed by atoms with E-state index in [1.807, 2.05) is 47.1 Å². The molecule has 1 aliphatic rings. The van der Waals surface area contributed by atoms with Crippen LogP contribution >= 0.6 is 0 Å². The number of aromatic nitrogens is 6. The Labute approximate surface area is 202 Å². The van der Waals surface area contributed by atoms with Crippen LogP contribution in [0.25, 0.3) is 11.0 Å². The molecule has 35 heavy (non-hydrogen) atoms. The summed E-state index contributed by atoms with van der Waals surface area (Å²) in [7, 11) is 3.66. The monoisotopic (exact) mass is 475 g/mol. The Morgan fingerprint density at radius 3 is 2.66 bits per heavy atom. The SMILES string of the molecule is Cc1cn(CC(=O)N(C)C2CC2)nc1Nc1ncc2c(Nc3c(C)ccc(O)c3C)nn(C)c2n1. The van der Waals surface area contributed by atoms with Crippen LogP contribution in [0.2, 0.25) is 0 Å². The number of carbonyl (C=O) groups is 1. The molecule has 1 aromatic carbocycles. The first-order valence-corrected chi connectivity index (χ1v) is 11.5. The summed E-state index contributed by atoms with van der Waals surface area (Å²) in [4.78, 5) is 23.3. The van der Waals surface area contributed by atoms with E-state index < -0.39 is 0 Å². The van der Waals surface area contributed by atoms with Gasteiger partial charge < -0.3 is 20.6 Å². The standard InChI is InChI=1S/C24H29N9O2/c1-13-6-9-18(34)15(3)20(13)26-22-17-10-25-24(28-23(17)32(5)29-22)27-21-14(2)11-33(30-21)12-19(35)31(4)16-7-8-16/h6,9-11,16,34H,7-8,12H2,1-5H3,(H,26,29)(H,25,27,28,30). The molecule has 0 atom stereocenters. The van der Waals surface area contributed by atoms with Crippen LogP contribution in [0.3, 0.4) is 0 Å². The molecule has 11 heteroatoms. The first-order valence-electron chi connectivity index (χ1n) is 11.5. The van der Waals surface area contributed by atoms with E-state index in [-0.39, 0.29) is 18.2 Å². The number of phenols is 1. The molecule has 3 aromatic heterocycles. The van der Waals surface area contributed by atoms with Crippen molar-refractivity contribution in [3.8, 4) is 5.75 Å². The number of anilines is 4. The van der Waals surface area contributed by atoms with E-state index >= 15 is 0 Å². The van der Waals surface area contributed by atoms with E-state index in [0.717, 1.165) is 40.6 Å². The third-order valence-electron chi connectivity index (χ3n) is 6.43. The molecule has 1 amide bonds. The van der Waals surface area contributed by atoms with E-state index in [9.17, 15) is 9.90 Å². The van der Waals surface area contributed by atoms with Gasteiger partial charge in [-0.2, -0.15) is 15.2 Å². The first-order chi connectivity index (χ1) is 16.7. The summed E-state index contributed by atoms with van der Waals surface area (Å²) >= 11 is 0. The highest BCUT2D eigenvalue weighted by molar-refractivity contribution is 5.90. The van der Waals surface area contributed by atoms with Gasteiger partial charge in [0.25, 0.3) is 0 Å². The molecule has 1 aliphatic carbocycles. The topological polar surface area (TPSA) is 126 Å². The maximum Gasteiger partial charge on any atom is 0.244 e. The van der Waals surface area contributed by atoms with Gasteiger partial charge in [-0.05, 0) is 45.2 Å². The van der Waals surface area contributed by atoms with Crippen LogP contribution in [0.1, 0.15) is 29.5 Å². The van der Waals surface area contributed by atoms with Gasteiger partial charge in [-0.25, -0.2) is 9.67 Å². The Balaban J connectivity index is 1.36. The van der Waals surface area contributed by atoms with E-state index in [4.69, 9.17) is 0 Å². The predicted octanol–water partition coefficient (Wildman–Crippen LogP) is 3.30. The number of likely N-dealkylation sites (N-methyl/N-ethyl adjacent to an activating group) is 1. The van der Waals surface area contributed by atoms with Crippen LogP contribution in [0.15, 0.2) is 24.5 Å². The van der Waals surface area contributed by atoms with E-state index in [0.29, 0.717) is 29.3 Å². The number of fused-ring (bicyclic) bond motifs is 1. The van der Waals surface area contributed by atoms with Crippen molar-refractivity contribution in [3.05, 3.63) is 41.2 Å². The molecule has 0 bridgehead atoms. The van der Waals surface area contributed by atoms with Crippen molar-refractivity contribution in [3.63, 3.8) is 0 Å². The molecule has 11 nitrogen and oxygen atoms in total. The number of hydrogen-bond acceptors (Lipinski definition) is 8. The van der Waals surface area contributed by atoms with Gasteiger partial charge in [0.2, 0.25) is 11.9 Å². The molecule has 3 heterocycles. The molecule has 1 saturated carbocycles. The van der Waals surface area contributed by atoms with Crippen LogP contribution in [0.5, 0.6) is 5.75 Å². The molecule has 5 rings (SSSR count). The van der Waals surface area contributed by atoms with Crippen LogP contribution in [-0.4, -0.2) is 58.5 Å². The number of aromatic hydroxyl groups is 1. The number of nitrogens with one attached hydrogen (secondary N) is 2. The molecule has 0 unspecified atom stereocenters. The van der Waals surface area contributed by atoms with Crippen LogP contribution in [0.4, 0.5) is 23.3 Å². The molecule has 0 aliphatic heterocycles. The van der Waals surface area contributed by atoms with Crippen molar-refractivity contribution in [2.45, 2.75) is 46.2 Å². The third kappa shape index (κ3) is 4.36. The average molecular weight is 476 g/mol. The summed E-state index contributed by atoms with van der Waals surface area (Å²) in [5.74, 6) is 1.84. The second kappa shape index (κ2) is 8.57. The van der Waals surface area contributed by atoms with E-state index in [1.54, 1.807) is 26.5 Å². The van der Waals surface area contributed by atoms with Gasteiger partial charge in [0.15, 0.2) is 17.3 Å². The maximum absolute atomic E-state index is 12.4. The number of amides is 1. The summed E-state index contributed by atoms with van der Waals surface area (Å²) in [5, 5.41) is 26.4. The van der Waals surface area contributed by atoms with Crippen LogP contribution in [-0.2, 0) is 18.4 Å². The molecule has 0 spiro atoms. The van der Waals surface area contributed by atoms with Gasteiger partial charge in [-0.15, -0.1) is 0 Å². The number of carbonyl (C=O) groups excluding carboxylic acids is 1. The molecule has 0 radical (unpaired) electrons. The fourth-order valence-electron chi connectivity index (χ4n) is 4.08. The summed E-state index contributed by atoms with van der Waals surface area (Å²) in [6.45, 7) is 5.94. The van der Waals surface area contributed by atoms with Crippen molar-refractivity contribution >= 4 is 40.2 Å². The average Bonchev–Trinajstić information content (AvgIpc) is 3.56. The minimum Gasteiger partial charge on any atom is -0.508 e. The van der Waals surface area contributed by atoms with Crippen molar-refractivity contribution in [2.75, 3.05) is 17.7 Å². The van der Waals surface area contributed by atoms with Gasteiger partial charge in [0.05, 0.1) is 5.39 Å². The second-order valence-corrected chi connectivity index (χ2v) is 9.15. The van der Waals surface area contributed by atoms with E-state index in [2.05, 4.69) is 30.8 Å². The zero-order chi connectivity index (χ0) is 24.9. The number of aryl methyl sites for hydroxylation is 3. The molecule has 0 saturated heterocycles. The Morgan fingerprint density at radius 2 is 1.91 bits per heavy atom. The fraction of sp³-hybridized carbons (Fsp3) is 0.375. The summed E-state index contributed by atoms with van der Waals surface area (Å²) in [6.07, 6.45) is 5.69. The van der Waals surface area contributed by atoms with Gasteiger partial charge in [-0.3, -0.25) is 9.48 Å². The third-order valence-corrected chi connectivity index (χ3v) is 6.43. The quantitative estimate of drug-likeness (QED) is 0.372. The Bertz CT molecular complexity index is 1430. The smallest absolute Gasteiger partial charge is 0.244 e. The second-order valence-electron chi connectivity index (χ2n) is 9.15. The van der Waals surface area contributed by atoms with Gasteiger partial charge in [0.1, 0.15) is 12.3 Å². The lowest BCUT2D eigenvalue weighted by Gasteiger charge is -2.15. The van der Waals surface area contributed by atoms with Gasteiger partial charge in [-0.1, -0.05) is 6.07 Å². The Hall–Kier alpha value is -4.15. The van der Waals surface area contributed by atoms with Gasteiger partial charge in [0, 0.05) is 49.3 Å². The lowest BCUT2D eigenvalue weighted by molar-refractivity contribution is -0.131. The Kier molecular flexibility index (Phi) is 5.54. The molecular weight excluding hydrogens is 446 g/mol. The summed E-state index contributed by atoms with van der Waals surface area (Å²) in [6, 6.07) is 3.90. The number of hydrogen-bond donors (Lipinski definition) is 3. The highest BCUT2D eigenvalue weighted by Crippen LogP contribution is 2.32. The van der Waals surface area contributed by atoms with Crippen molar-refractivity contribution in [1.82, 2.24) is 34.4 Å². The number of rotatable bonds is 7. The summed E-state index contributed by atoms with van der Waals surface area (Å²) < 4.78 is 3.32. The fourth-order valence-corrected chi connectivity index (χ4v) is 4.08. The Morgan fingerprint density at radius 1 is 1.14 bits per heavy atom. The van der Waals surface area contributed by atoms with E-state index in [1.165, 1.54) is 0 Å². The molecule has 3 N–H and O–H groups in total. The predicted molar refractivity (Wildman–Crippen MR) is 133 cm³/mol. The van der Waals surface area contributed by atoms with Crippen molar-refractivity contribution < 1.29 is 9.90 Å². The van der Waals surface area contributed by atoms with Gasteiger partial charge >= 0.3 is 0 Å². The zero-order valence-corrected chi connectivity index (χ0v) is 20.5. The maximum atomic E-state index is 12.4. The number of phenolic OH excluding ortho intramolecular Hbond substituents is 1. The highest BCUT2D eigenvalue weighted by Gasteiger charge is 2.29. The largest absolute Gasteiger partial charge is 0.508 e. The zero-order valence-electron chi connectivity index (χ0n) is 20.5. The van der Waals surface area contributed by atoms with Crippen molar-refractivity contribution in [1.29, 1.82) is 0 Å². The minimum absolute atomic E-state index is 0.0475. The number of nitrogens with zero attached hydrogens (tertiary/aromatic N) is 7. The number of benzene rings is 1. The molecule has 182 valence electrons. The minimum atomic E-state index is 0.0475. The van der Waals surface area contributed by atoms with Crippen LogP contribution < -0.4 is 10.6 Å². The van der Waals surface area contributed by atoms with Crippen LogP contribution in [0, 0.1) is 20.8 Å². The highest BCUT2D eigenvalue weighted by atomic mass is 16.3. The molecule has 1 fully saturated rings. The normalized spacial score (nSPS) is 13.3. The van der Waals surface area contributed by atoms with Crippen molar-refractivity contribution in [2.24, 2.45) is 7.05 Å². The first kappa shape index (κ1) is 22.6.